The Labute approximate surface area is 185 Å². The topological polar surface area (TPSA) is 124 Å². The van der Waals surface area contributed by atoms with Crippen molar-refractivity contribution in [3.05, 3.63) is 69.3 Å². The fraction of sp³-hybridized carbons (Fsp3) is 0.304. The van der Waals surface area contributed by atoms with Gasteiger partial charge in [0.25, 0.3) is 11.6 Å². The van der Waals surface area contributed by atoms with Crippen LogP contribution in [-0.4, -0.2) is 37.2 Å². The van der Waals surface area contributed by atoms with Crippen LogP contribution in [0.1, 0.15) is 24.0 Å². The summed E-state index contributed by atoms with van der Waals surface area (Å²) in [6.07, 6.45) is 3.34. The minimum absolute atomic E-state index is 0.00818. The second-order valence-electron chi connectivity index (χ2n) is 7.14. The molecular weight excluding hydrogens is 414 g/mol. The zero-order valence-corrected chi connectivity index (χ0v) is 17.6. The van der Waals surface area contributed by atoms with Gasteiger partial charge in [-0.2, -0.15) is 5.26 Å². The Kier molecular flexibility index (Phi) is 7.78. The first-order valence-electron chi connectivity index (χ1n) is 10.1. The number of nitriles is 1. The van der Waals surface area contributed by atoms with Crippen LogP contribution in [0.5, 0.6) is 11.5 Å². The van der Waals surface area contributed by atoms with Gasteiger partial charge in [-0.3, -0.25) is 14.9 Å². The van der Waals surface area contributed by atoms with E-state index in [1.165, 1.54) is 25.3 Å². The maximum absolute atomic E-state index is 12.3. The number of nitro benzene ring substituents is 1. The number of ether oxygens (including phenoxy) is 3. The van der Waals surface area contributed by atoms with Crippen LogP contribution in [0.4, 0.5) is 5.69 Å². The monoisotopic (exact) mass is 437 g/mol. The summed E-state index contributed by atoms with van der Waals surface area (Å²) < 4.78 is 16.6. The minimum Gasteiger partial charge on any atom is -0.493 e. The average Bonchev–Trinajstić information content (AvgIpc) is 3.34. The summed E-state index contributed by atoms with van der Waals surface area (Å²) in [5.74, 6) is 0.433. The van der Waals surface area contributed by atoms with Gasteiger partial charge in [0.15, 0.2) is 11.5 Å². The van der Waals surface area contributed by atoms with Crippen LogP contribution in [0.15, 0.2) is 48.0 Å². The molecule has 9 nitrogen and oxygen atoms in total. The summed E-state index contributed by atoms with van der Waals surface area (Å²) in [4.78, 5) is 22.6. The summed E-state index contributed by atoms with van der Waals surface area (Å²) in [5.41, 5.74) is 1.35. The number of amides is 1. The third-order valence-electron chi connectivity index (χ3n) is 4.92. The molecule has 9 heteroatoms. The SMILES string of the molecule is COc1cc(/C=C(\C#N)C(=O)NCC2CCCO2)ccc1OCc1ccc([N+](=O)[O-])cc1. The molecule has 0 saturated carbocycles. The van der Waals surface area contributed by atoms with Crippen LogP contribution in [-0.2, 0) is 16.1 Å². The molecule has 0 bridgehead atoms. The molecule has 0 aromatic heterocycles. The zero-order chi connectivity index (χ0) is 22.9. The van der Waals surface area contributed by atoms with Gasteiger partial charge in [0, 0.05) is 25.3 Å². The first-order valence-corrected chi connectivity index (χ1v) is 10.1. The molecule has 0 radical (unpaired) electrons. The van der Waals surface area contributed by atoms with Crippen molar-refractivity contribution in [3.8, 4) is 17.6 Å². The molecule has 0 aliphatic carbocycles. The highest BCUT2D eigenvalue weighted by Gasteiger charge is 2.18. The van der Waals surface area contributed by atoms with E-state index in [4.69, 9.17) is 14.2 Å². The molecule has 1 heterocycles. The number of methoxy groups -OCH3 is 1. The molecule has 3 rings (SSSR count). The van der Waals surface area contributed by atoms with Crippen LogP contribution >= 0.6 is 0 Å². The second kappa shape index (κ2) is 10.9. The lowest BCUT2D eigenvalue weighted by Gasteiger charge is -2.12. The Bertz CT molecular complexity index is 1040. The number of benzene rings is 2. The number of carbonyl (C=O) groups excluding carboxylic acids is 1. The van der Waals surface area contributed by atoms with E-state index in [9.17, 15) is 20.2 Å². The van der Waals surface area contributed by atoms with Crippen molar-refractivity contribution < 1.29 is 23.9 Å². The molecule has 1 amide bonds. The first kappa shape index (κ1) is 22.8. The second-order valence-corrected chi connectivity index (χ2v) is 7.14. The lowest BCUT2D eigenvalue weighted by Crippen LogP contribution is -2.32. The number of non-ortho nitro benzene ring substituents is 1. The zero-order valence-electron chi connectivity index (χ0n) is 17.6. The van der Waals surface area contributed by atoms with Crippen LogP contribution < -0.4 is 14.8 Å². The normalized spacial score (nSPS) is 15.6. The lowest BCUT2D eigenvalue weighted by atomic mass is 10.1. The van der Waals surface area contributed by atoms with Crippen LogP contribution in [0.2, 0.25) is 0 Å². The van der Waals surface area contributed by atoms with Gasteiger partial charge in [0.2, 0.25) is 0 Å². The van der Waals surface area contributed by atoms with Crippen molar-refractivity contribution in [2.45, 2.75) is 25.6 Å². The smallest absolute Gasteiger partial charge is 0.269 e. The fourth-order valence-corrected chi connectivity index (χ4v) is 3.19. The quantitative estimate of drug-likeness (QED) is 0.276. The lowest BCUT2D eigenvalue weighted by molar-refractivity contribution is -0.384. The summed E-state index contributed by atoms with van der Waals surface area (Å²) >= 11 is 0. The molecule has 2 aromatic carbocycles. The van der Waals surface area contributed by atoms with Crippen LogP contribution in [0, 0.1) is 21.4 Å². The minimum atomic E-state index is -0.460. The molecule has 1 atom stereocenters. The standard InChI is InChI=1S/C23H23N3O6/c1-30-22-12-17(11-18(13-24)23(27)25-14-20-3-2-10-31-20)6-9-21(22)32-15-16-4-7-19(8-5-16)26(28)29/h4-9,11-12,20H,2-3,10,14-15H2,1H3,(H,25,27)/b18-11+. The Morgan fingerprint density at radius 2 is 2.09 bits per heavy atom. The number of nitrogens with one attached hydrogen (secondary N) is 1. The van der Waals surface area contributed by atoms with Crippen LogP contribution in [0.25, 0.3) is 6.08 Å². The van der Waals surface area contributed by atoms with Crippen molar-refractivity contribution in [2.24, 2.45) is 0 Å². The predicted molar refractivity (Wildman–Crippen MR) is 116 cm³/mol. The van der Waals surface area contributed by atoms with E-state index in [2.05, 4.69) is 5.32 Å². The van der Waals surface area contributed by atoms with Gasteiger partial charge in [-0.1, -0.05) is 6.07 Å². The third kappa shape index (κ3) is 6.06. The molecular formula is C23H23N3O6. The van der Waals surface area contributed by atoms with E-state index in [1.54, 1.807) is 30.3 Å². The van der Waals surface area contributed by atoms with E-state index in [0.29, 0.717) is 30.2 Å². The fourth-order valence-electron chi connectivity index (χ4n) is 3.19. The molecule has 166 valence electrons. The third-order valence-corrected chi connectivity index (χ3v) is 4.92. The predicted octanol–water partition coefficient (Wildman–Crippen LogP) is 3.38. The molecule has 0 spiro atoms. The maximum atomic E-state index is 12.3. The summed E-state index contributed by atoms with van der Waals surface area (Å²) in [6, 6.07) is 13.0. The first-order chi connectivity index (χ1) is 15.5. The molecule has 1 aliphatic rings. The highest BCUT2D eigenvalue weighted by molar-refractivity contribution is 6.01. The number of rotatable bonds is 9. The van der Waals surface area contributed by atoms with E-state index in [-0.39, 0.29) is 24.0 Å². The van der Waals surface area contributed by atoms with Gasteiger partial charge in [-0.15, -0.1) is 0 Å². The highest BCUT2D eigenvalue weighted by Crippen LogP contribution is 2.30. The number of nitro groups is 1. The van der Waals surface area contributed by atoms with Crippen molar-refractivity contribution in [1.82, 2.24) is 5.32 Å². The average molecular weight is 437 g/mol. The molecule has 1 aliphatic heterocycles. The van der Waals surface area contributed by atoms with Crippen molar-refractivity contribution >= 4 is 17.7 Å². The number of hydrogen-bond acceptors (Lipinski definition) is 7. The Balaban J connectivity index is 1.65. The molecule has 1 unspecified atom stereocenters. The summed E-state index contributed by atoms with van der Waals surface area (Å²) in [5, 5.41) is 22.9. The van der Waals surface area contributed by atoms with Gasteiger partial charge >= 0.3 is 0 Å². The maximum Gasteiger partial charge on any atom is 0.269 e. The molecule has 2 aromatic rings. The number of hydrogen-bond donors (Lipinski definition) is 1. The Morgan fingerprint density at radius 3 is 2.72 bits per heavy atom. The van der Waals surface area contributed by atoms with Gasteiger partial charge in [0.1, 0.15) is 18.2 Å². The molecule has 1 saturated heterocycles. The number of nitrogens with zero attached hydrogens (tertiary/aromatic N) is 2. The van der Waals surface area contributed by atoms with E-state index < -0.39 is 10.8 Å². The molecule has 1 N–H and O–H groups in total. The number of carbonyl (C=O) groups is 1. The van der Waals surface area contributed by atoms with Crippen molar-refractivity contribution in [3.63, 3.8) is 0 Å². The summed E-state index contributed by atoms with van der Waals surface area (Å²) in [7, 11) is 1.49. The van der Waals surface area contributed by atoms with Crippen LogP contribution in [0.3, 0.4) is 0 Å². The largest absolute Gasteiger partial charge is 0.493 e. The Morgan fingerprint density at radius 1 is 1.31 bits per heavy atom. The molecule has 1 fully saturated rings. The van der Waals surface area contributed by atoms with Gasteiger partial charge in [-0.25, -0.2) is 0 Å². The van der Waals surface area contributed by atoms with E-state index in [0.717, 1.165) is 18.4 Å². The molecule has 32 heavy (non-hydrogen) atoms. The van der Waals surface area contributed by atoms with Gasteiger partial charge in [-0.05, 0) is 54.3 Å². The summed E-state index contributed by atoms with van der Waals surface area (Å²) in [6.45, 7) is 1.26. The van der Waals surface area contributed by atoms with Gasteiger partial charge < -0.3 is 19.5 Å². The van der Waals surface area contributed by atoms with Gasteiger partial charge in [0.05, 0.1) is 18.1 Å². The Hall–Kier alpha value is -3.90. The van der Waals surface area contributed by atoms with E-state index >= 15 is 0 Å². The van der Waals surface area contributed by atoms with E-state index in [1.807, 2.05) is 6.07 Å². The van der Waals surface area contributed by atoms with Crippen molar-refractivity contribution in [2.75, 3.05) is 20.3 Å². The van der Waals surface area contributed by atoms with Crippen molar-refractivity contribution in [1.29, 1.82) is 5.26 Å². The highest BCUT2D eigenvalue weighted by atomic mass is 16.6.